The van der Waals surface area contributed by atoms with Gasteiger partial charge in [0.15, 0.2) is 0 Å². The largest absolute Gasteiger partial charge is 0.395 e. The average molecular weight is 223 g/mol. The molecule has 0 saturated carbocycles. The predicted octanol–water partition coefficient (Wildman–Crippen LogP) is -1.94. The molecule has 1 aliphatic rings. The van der Waals surface area contributed by atoms with Gasteiger partial charge in [-0.05, 0) is 14.1 Å². The zero-order valence-corrected chi connectivity index (χ0v) is 9.05. The molecule has 0 radical (unpaired) electrons. The molecule has 6 heteroatoms. The molecule has 1 fully saturated rings. The van der Waals surface area contributed by atoms with Gasteiger partial charge in [-0.15, -0.1) is 11.8 Å². The topological polar surface area (TPSA) is 84.2 Å². The Bertz CT molecular complexity index is 190. The Labute approximate surface area is 87.3 Å². The SMILES string of the molecule is CN(C)[C@@H]1S[C@H](CO)[C@@H](O)[C@H](O)[C@H]1O. The highest BCUT2D eigenvalue weighted by molar-refractivity contribution is 8.00. The van der Waals surface area contributed by atoms with E-state index in [-0.39, 0.29) is 12.0 Å². The van der Waals surface area contributed by atoms with E-state index in [1.54, 1.807) is 19.0 Å². The molecule has 0 aromatic carbocycles. The van der Waals surface area contributed by atoms with Gasteiger partial charge in [-0.2, -0.15) is 0 Å². The maximum atomic E-state index is 9.64. The van der Waals surface area contributed by atoms with E-state index in [0.29, 0.717) is 0 Å². The molecule has 0 unspecified atom stereocenters. The van der Waals surface area contributed by atoms with Crippen molar-refractivity contribution in [2.45, 2.75) is 28.9 Å². The Morgan fingerprint density at radius 3 is 2.07 bits per heavy atom. The van der Waals surface area contributed by atoms with Crippen LogP contribution in [-0.2, 0) is 0 Å². The second kappa shape index (κ2) is 4.78. The molecule has 0 aliphatic carbocycles. The average Bonchev–Trinajstić information content (AvgIpc) is 2.14. The van der Waals surface area contributed by atoms with Crippen molar-refractivity contribution in [2.75, 3.05) is 20.7 Å². The summed E-state index contributed by atoms with van der Waals surface area (Å²) in [5, 5.41) is 36.9. The molecule has 0 spiro atoms. The van der Waals surface area contributed by atoms with E-state index in [1.807, 2.05) is 0 Å². The van der Waals surface area contributed by atoms with Crippen LogP contribution >= 0.6 is 11.8 Å². The molecule has 4 N–H and O–H groups in total. The van der Waals surface area contributed by atoms with Crippen LogP contribution in [0.5, 0.6) is 0 Å². The van der Waals surface area contributed by atoms with Crippen LogP contribution in [0.4, 0.5) is 0 Å². The summed E-state index contributed by atoms with van der Waals surface area (Å²) < 4.78 is 0. The summed E-state index contributed by atoms with van der Waals surface area (Å²) in [5.41, 5.74) is 0. The van der Waals surface area contributed by atoms with Crippen molar-refractivity contribution in [3.63, 3.8) is 0 Å². The first-order chi connectivity index (χ1) is 6.49. The van der Waals surface area contributed by atoms with E-state index < -0.39 is 23.6 Å². The van der Waals surface area contributed by atoms with E-state index in [0.717, 1.165) is 0 Å². The van der Waals surface area contributed by atoms with Gasteiger partial charge < -0.3 is 20.4 Å². The van der Waals surface area contributed by atoms with Crippen LogP contribution in [0.25, 0.3) is 0 Å². The van der Waals surface area contributed by atoms with Gasteiger partial charge in [0.1, 0.15) is 12.2 Å². The number of thioether (sulfide) groups is 1. The summed E-state index contributed by atoms with van der Waals surface area (Å²) in [6.45, 7) is -0.208. The third-order valence-corrected chi connectivity index (χ3v) is 4.13. The monoisotopic (exact) mass is 223 g/mol. The van der Waals surface area contributed by atoms with Crippen LogP contribution in [0.15, 0.2) is 0 Å². The number of hydrogen-bond donors (Lipinski definition) is 4. The number of hydrogen-bond acceptors (Lipinski definition) is 6. The van der Waals surface area contributed by atoms with Crippen molar-refractivity contribution in [2.24, 2.45) is 0 Å². The predicted molar refractivity (Wildman–Crippen MR) is 54.0 cm³/mol. The molecular formula is C8H17NO4S. The zero-order chi connectivity index (χ0) is 10.9. The molecule has 1 rings (SSSR count). The molecule has 0 aromatic heterocycles. The molecular weight excluding hydrogens is 206 g/mol. The fourth-order valence-electron chi connectivity index (χ4n) is 1.51. The van der Waals surface area contributed by atoms with Gasteiger partial charge in [-0.1, -0.05) is 0 Å². The smallest absolute Gasteiger partial charge is 0.109 e. The van der Waals surface area contributed by atoms with Gasteiger partial charge in [-0.3, -0.25) is 4.90 Å². The highest BCUT2D eigenvalue weighted by Gasteiger charge is 2.43. The third kappa shape index (κ3) is 2.21. The lowest BCUT2D eigenvalue weighted by atomic mass is 10.0. The number of nitrogens with zero attached hydrogens (tertiary/aromatic N) is 1. The second-order valence-electron chi connectivity index (χ2n) is 3.68. The van der Waals surface area contributed by atoms with Gasteiger partial charge in [0.05, 0.1) is 23.3 Å². The van der Waals surface area contributed by atoms with Crippen molar-refractivity contribution in [1.82, 2.24) is 4.90 Å². The van der Waals surface area contributed by atoms with Crippen LogP contribution in [-0.4, -0.2) is 75.0 Å². The third-order valence-electron chi connectivity index (χ3n) is 2.38. The van der Waals surface area contributed by atoms with Crippen molar-refractivity contribution >= 4 is 11.8 Å². The van der Waals surface area contributed by atoms with E-state index in [4.69, 9.17) is 5.11 Å². The Hall–Kier alpha value is 0.150. The van der Waals surface area contributed by atoms with Crippen LogP contribution in [0.3, 0.4) is 0 Å². The molecule has 0 amide bonds. The van der Waals surface area contributed by atoms with E-state index in [2.05, 4.69) is 0 Å². The summed E-state index contributed by atoms with van der Waals surface area (Å²) >= 11 is 1.28. The Balaban J connectivity index is 2.73. The van der Waals surface area contributed by atoms with Gasteiger partial charge in [0.25, 0.3) is 0 Å². The first-order valence-corrected chi connectivity index (χ1v) is 5.40. The molecule has 1 saturated heterocycles. The van der Waals surface area contributed by atoms with E-state index in [1.165, 1.54) is 11.8 Å². The quantitative estimate of drug-likeness (QED) is 0.436. The van der Waals surface area contributed by atoms with Gasteiger partial charge in [0, 0.05) is 0 Å². The molecule has 14 heavy (non-hydrogen) atoms. The first-order valence-electron chi connectivity index (χ1n) is 4.46. The fraction of sp³-hybridized carbons (Fsp3) is 1.00. The summed E-state index contributed by atoms with van der Waals surface area (Å²) in [4.78, 5) is 1.76. The number of aliphatic hydroxyl groups is 4. The van der Waals surface area contributed by atoms with Crippen molar-refractivity contribution in [3.8, 4) is 0 Å². The normalized spacial score (nSPS) is 44.4. The highest BCUT2D eigenvalue weighted by Crippen LogP contribution is 2.33. The van der Waals surface area contributed by atoms with E-state index in [9.17, 15) is 15.3 Å². The lowest BCUT2D eigenvalue weighted by Crippen LogP contribution is -2.57. The maximum Gasteiger partial charge on any atom is 0.109 e. The Morgan fingerprint density at radius 2 is 1.64 bits per heavy atom. The van der Waals surface area contributed by atoms with Crippen molar-refractivity contribution in [1.29, 1.82) is 0 Å². The number of aliphatic hydroxyl groups excluding tert-OH is 4. The molecule has 5 nitrogen and oxygen atoms in total. The summed E-state index contributed by atoms with van der Waals surface area (Å²) in [6, 6.07) is 0. The molecule has 0 bridgehead atoms. The summed E-state index contributed by atoms with van der Waals surface area (Å²) in [6.07, 6.45) is -3.26. The fourth-order valence-corrected chi connectivity index (χ4v) is 2.84. The summed E-state index contributed by atoms with van der Waals surface area (Å²) in [5.74, 6) is 0. The van der Waals surface area contributed by atoms with Gasteiger partial charge in [0.2, 0.25) is 0 Å². The van der Waals surface area contributed by atoms with Crippen molar-refractivity contribution in [3.05, 3.63) is 0 Å². The molecule has 1 aliphatic heterocycles. The Kier molecular flexibility index (Phi) is 4.17. The minimum Gasteiger partial charge on any atom is -0.395 e. The first kappa shape index (κ1) is 12.2. The minimum absolute atomic E-state index is 0.208. The maximum absolute atomic E-state index is 9.64. The zero-order valence-electron chi connectivity index (χ0n) is 8.24. The lowest BCUT2D eigenvalue weighted by molar-refractivity contribution is -0.0820. The summed E-state index contributed by atoms with van der Waals surface area (Å²) in [7, 11) is 3.56. The highest BCUT2D eigenvalue weighted by atomic mass is 32.2. The molecule has 1 heterocycles. The lowest BCUT2D eigenvalue weighted by Gasteiger charge is -2.41. The van der Waals surface area contributed by atoms with Crippen LogP contribution in [0, 0.1) is 0 Å². The molecule has 5 atom stereocenters. The van der Waals surface area contributed by atoms with Crippen LogP contribution in [0.1, 0.15) is 0 Å². The number of likely N-dealkylation sites (N-methyl/N-ethyl adjacent to an activating group) is 1. The van der Waals surface area contributed by atoms with Gasteiger partial charge in [-0.25, -0.2) is 0 Å². The molecule has 0 aromatic rings. The minimum atomic E-state index is -1.19. The molecule has 84 valence electrons. The second-order valence-corrected chi connectivity index (χ2v) is 5.04. The number of rotatable bonds is 2. The van der Waals surface area contributed by atoms with Crippen LogP contribution < -0.4 is 0 Å². The Morgan fingerprint density at radius 1 is 1.07 bits per heavy atom. The standard InChI is InChI=1S/C8H17NO4S/c1-9(2)8-7(13)6(12)5(11)4(3-10)14-8/h4-8,10-13H,3H2,1-2H3/t4-,5-,6+,7-,8-/m1/s1. The van der Waals surface area contributed by atoms with Gasteiger partial charge >= 0.3 is 0 Å². The van der Waals surface area contributed by atoms with Crippen LogP contribution in [0.2, 0.25) is 0 Å². The van der Waals surface area contributed by atoms with E-state index >= 15 is 0 Å². The van der Waals surface area contributed by atoms with Crippen molar-refractivity contribution < 1.29 is 20.4 Å².